The van der Waals surface area contributed by atoms with Crippen LogP contribution >= 0.6 is 0 Å². The van der Waals surface area contributed by atoms with Gasteiger partial charge in [0.25, 0.3) is 0 Å². The number of benzene rings is 2. The first-order chi connectivity index (χ1) is 12.0. The Hall–Kier alpha value is -2.59. The molecule has 0 saturated carbocycles. The van der Waals surface area contributed by atoms with E-state index in [-0.39, 0.29) is 9.79 Å². The SMILES string of the molecule is C\C=C/C=C\C(=C/C)Oc1ccc(S(=O)(=O)c2ccc(C)cc2)cc1. The van der Waals surface area contributed by atoms with Crippen LogP contribution in [0.2, 0.25) is 0 Å². The van der Waals surface area contributed by atoms with Gasteiger partial charge in [0.05, 0.1) is 9.79 Å². The van der Waals surface area contributed by atoms with Crippen molar-refractivity contribution in [3.8, 4) is 5.75 Å². The minimum Gasteiger partial charge on any atom is -0.458 e. The van der Waals surface area contributed by atoms with Crippen molar-refractivity contribution in [2.45, 2.75) is 30.6 Å². The van der Waals surface area contributed by atoms with Crippen LogP contribution in [0.1, 0.15) is 19.4 Å². The molecule has 3 nitrogen and oxygen atoms in total. The molecule has 0 bridgehead atoms. The summed E-state index contributed by atoms with van der Waals surface area (Å²) in [5.41, 5.74) is 1.02. The molecule has 0 radical (unpaired) electrons. The number of sulfone groups is 1. The van der Waals surface area contributed by atoms with Crippen LogP contribution in [0, 0.1) is 6.92 Å². The van der Waals surface area contributed by atoms with E-state index in [4.69, 9.17) is 4.74 Å². The highest BCUT2D eigenvalue weighted by molar-refractivity contribution is 7.91. The second kappa shape index (κ2) is 8.49. The molecule has 0 spiro atoms. The normalized spacial score (nSPS) is 12.8. The number of rotatable bonds is 6. The summed E-state index contributed by atoms with van der Waals surface area (Å²) in [5.74, 6) is 1.27. The Morgan fingerprint density at radius 3 is 1.96 bits per heavy atom. The Balaban J connectivity index is 2.20. The van der Waals surface area contributed by atoms with Gasteiger partial charge in [-0.25, -0.2) is 8.42 Å². The molecule has 0 aliphatic heterocycles. The maximum absolute atomic E-state index is 12.6. The van der Waals surface area contributed by atoms with Gasteiger partial charge in [-0.2, -0.15) is 0 Å². The molecule has 0 saturated heterocycles. The molecule has 0 aliphatic carbocycles. The van der Waals surface area contributed by atoms with Crippen molar-refractivity contribution >= 4 is 9.84 Å². The third-order valence-corrected chi connectivity index (χ3v) is 5.34. The summed E-state index contributed by atoms with van der Waals surface area (Å²) in [6, 6.07) is 13.3. The minimum absolute atomic E-state index is 0.246. The van der Waals surface area contributed by atoms with Crippen LogP contribution in [0.25, 0.3) is 0 Å². The Morgan fingerprint density at radius 1 is 0.880 bits per heavy atom. The third kappa shape index (κ3) is 4.94. The van der Waals surface area contributed by atoms with Gasteiger partial charge < -0.3 is 4.74 Å². The van der Waals surface area contributed by atoms with Crippen molar-refractivity contribution in [3.05, 3.63) is 90.2 Å². The van der Waals surface area contributed by atoms with Gasteiger partial charge in [0, 0.05) is 0 Å². The predicted molar refractivity (Wildman–Crippen MR) is 101 cm³/mol. The molecule has 0 heterocycles. The largest absolute Gasteiger partial charge is 0.458 e. The maximum Gasteiger partial charge on any atom is 0.206 e. The summed E-state index contributed by atoms with van der Waals surface area (Å²) in [6.45, 7) is 5.74. The van der Waals surface area contributed by atoms with Crippen LogP contribution < -0.4 is 4.74 Å². The molecule has 130 valence electrons. The van der Waals surface area contributed by atoms with E-state index >= 15 is 0 Å². The topological polar surface area (TPSA) is 43.4 Å². The molecule has 2 aromatic carbocycles. The Bertz CT molecular complexity index is 885. The molecule has 4 heteroatoms. The van der Waals surface area contributed by atoms with Gasteiger partial charge in [-0.3, -0.25) is 0 Å². The number of aryl methyl sites for hydroxylation is 1. The van der Waals surface area contributed by atoms with E-state index in [0.717, 1.165) is 5.56 Å². The molecule has 2 rings (SSSR count). The first kappa shape index (κ1) is 18.7. The van der Waals surface area contributed by atoms with Gasteiger partial charge in [-0.1, -0.05) is 35.9 Å². The predicted octanol–water partition coefficient (Wildman–Crippen LogP) is 5.24. The molecule has 0 amide bonds. The standard InChI is InChI=1S/C21H22O3S/c1-4-6-7-8-18(5-2)24-19-11-15-21(16-12-19)25(22,23)20-13-9-17(3)10-14-20/h4-16H,1-3H3/b6-4-,8-7-,18-5+. The van der Waals surface area contributed by atoms with E-state index < -0.39 is 9.84 Å². The number of hydrogen-bond acceptors (Lipinski definition) is 3. The second-order valence-electron chi connectivity index (χ2n) is 5.47. The molecular weight excluding hydrogens is 332 g/mol. The highest BCUT2D eigenvalue weighted by atomic mass is 32.2. The highest BCUT2D eigenvalue weighted by Gasteiger charge is 2.17. The molecular formula is C21H22O3S. The fourth-order valence-electron chi connectivity index (χ4n) is 2.13. The van der Waals surface area contributed by atoms with E-state index in [1.807, 2.05) is 51.2 Å². The van der Waals surface area contributed by atoms with Crippen molar-refractivity contribution in [2.75, 3.05) is 0 Å². The summed E-state index contributed by atoms with van der Waals surface area (Å²) in [5, 5.41) is 0. The fourth-order valence-corrected chi connectivity index (χ4v) is 3.39. The Kier molecular flexibility index (Phi) is 6.37. The summed E-state index contributed by atoms with van der Waals surface area (Å²) in [4.78, 5) is 0.533. The van der Waals surface area contributed by atoms with Crippen LogP contribution in [0.15, 0.2) is 94.5 Å². The number of allylic oxidation sites excluding steroid dienone is 5. The van der Waals surface area contributed by atoms with Crippen molar-refractivity contribution in [1.29, 1.82) is 0 Å². The molecule has 0 N–H and O–H groups in total. The molecule has 0 aromatic heterocycles. The van der Waals surface area contributed by atoms with Crippen LogP contribution in [-0.4, -0.2) is 8.42 Å². The molecule has 25 heavy (non-hydrogen) atoms. The lowest BCUT2D eigenvalue weighted by Gasteiger charge is -2.08. The van der Waals surface area contributed by atoms with Gasteiger partial charge in [0.1, 0.15) is 11.5 Å². The summed E-state index contributed by atoms with van der Waals surface area (Å²) >= 11 is 0. The second-order valence-corrected chi connectivity index (χ2v) is 7.42. The molecule has 0 fully saturated rings. The number of hydrogen-bond donors (Lipinski definition) is 0. The summed E-state index contributed by atoms with van der Waals surface area (Å²) < 4.78 is 31.0. The Labute approximate surface area is 149 Å². The average molecular weight is 354 g/mol. The third-order valence-electron chi connectivity index (χ3n) is 3.55. The van der Waals surface area contributed by atoms with Crippen LogP contribution in [0.5, 0.6) is 5.75 Å². The number of ether oxygens (including phenoxy) is 1. The van der Waals surface area contributed by atoms with Crippen LogP contribution in [-0.2, 0) is 9.84 Å². The first-order valence-corrected chi connectivity index (χ1v) is 9.51. The van der Waals surface area contributed by atoms with E-state index in [0.29, 0.717) is 11.5 Å². The quantitative estimate of drug-likeness (QED) is 0.526. The smallest absolute Gasteiger partial charge is 0.206 e. The van der Waals surface area contributed by atoms with E-state index in [2.05, 4.69) is 0 Å². The zero-order valence-corrected chi connectivity index (χ0v) is 15.5. The molecule has 0 atom stereocenters. The monoisotopic (exact) mass is 354 g/mol. The van der Waals surface area contributed by atoms with Gasteiger partial charge in [0.2, 0.25) is 9.84 Å². The summed E-state index contributed by atoms with van der Waals surface area (Å²) in [6.07, 6.45) is 9.40. The van der Waals surface area contributed by atoms with E-state index in [9.17, 15) is 8.42 Å². The maximum atomic E-state index is 12.6. The average Bonchev–Trinajstić information content (AvgIpc) is 2.62. The zero-order valence-electron chi connectivity index (χ0n) is 14.6. The molecule has 0 aliphatic rings. The van der Waals surface area contributed by atoms with E-state index in [1.165, 1.54) is 0 Å². The molecule has 0 unspecified atom stereocenters. The lowest BCUT2D eigenvalue weighted by Crippen LogP contribution is -2.02. The van der Waals surface area contributed by atoms with Crippen molar-refractivity contribution < 1.29 is 13.2 Å². The van der Waals surface area contributed by atoms with Crippen LogP contribution in [0.3, 0.4) is 0 Å². The van der Waals surface area contributed by atoms with Gasteiger partial charge >= 0.3 is 0 Å². The summed E-state index contributed by atoms with van der Waals surface area (Å²) in [7, 11) is -3.52. The van der Waals surface area contributed by atoms with Gasteiger partial charge in [-0.05, 0) is 69.3 Å². The Morgan fingerprint density at radius 2 is 1.44 bits per heavy atom. The van der Waals surface area contributed by atoms with E-state index in [1.54, 1.807) is 48.5 Å². The minimum atomic E-state index is -3.52. The van der Waals surface area contributed by atoms with Crippen molar-refractivity contribution in [3.63, 3.8) is 0 Å². The zero-order chi connectivity index (χ0) is 18.3. The lowest BCUT2D eigenvalue weighted by atomic mass is 10.2. The van der Waals surface area contributed by atoms with Crippen molar-refractivity contribution in [2.24, 2.45) is 0 Å². The highest BCUT2D eigenvalue weighted by Crippen LogP contribution is 2.24. The lowest BCUT2D eigenvalue weighted by molar-refractivity contribution is 0.443. The first-order valence-electron chi connectivity index (χ1n) is 8.02. The molecule has 2 aromatic rings. The van der Waals surface area contributed by atoms with Crippen molar-refractivity contribution in [1.82, 2.24) is 0 Å². The van der Waals surface area contributed by atoms with Gasteiger partial charge in [0.15, 0.2) is 0 Å². The van der Waals surface area contributed by atoms with Gasteiger partial charge in [-0.15, -0.1) is 0 Å². The van der Waals surface area contributed by atoms with Crippen LogP contribution in [0.4, 0.5) is 0 Å². The fraction of sp³-hybridized carbons (Fsp3) is 0.143.